The lowest BCUT2D eigenvalue weighted by Gasteiger charge is -2.08. The fourth-order valence-electron chi connectivity index (χ4n) is 3.14. The largest absolute Gasteiger partial charge is 0.378 e. The zero-order valence-electron chi connectivity index (χ0n) is 15.7. The van der Waals surface area contributed by atoms with Crippen molar-refractivity contribution in [2.75, 3.05) is 5.32 Å². The molecule has 4 rings (SSSR count). The van der Waals surface area contributed by atoms with Crippen molar-refractivity contribution < 1.29 is 0 Å². The van der Waals surface area contributed by atoms with Gasteiger partial charge in [0, 0.05) is 22.7 Å². The number of anilines is 1. The van der Waals surface area contributed by atoms with Crippen LogP contribution < -0.4 is 10.9 Å². The van der Waals surface area contributed by atoms with E-state index in [1.807, 2.05) is 62.4 Å². The number of aromatic amines is 1. The Balaban J connectivity index is 1.63. The number of rotatable bonds is 5. The van der Waals surface area contributed by atoms with Crippen LogP contribution in [0.25, 0.3) is 5.78 Å². The van der Waals surface area contributed by atoms with Crippen molar-refractivity contribution >= 4 is 23.1 Å². The highest BCUT2D eigenvalue weighted by atomic mass is 35.5. The minimum absolute atomic E-state index is 0.121. The molecule has 0 aliphatic rings. The zero-order valence-corrected chi connectivity index (χ0v) is 16.4. The number of hydrogen-bond donors (Lipinski definition) is 2. The van der Waals surface area contributed by atoms with Crippen molar-refractivity contribution in [1.82, 2.24) is 19.6 Å². The summed E-state index contributed by atoms with van der Waals surface area (Å²) in [5.41, 5.74) is 4.32. The molecule has 7 heteroatoms. The second-order valence-electron chi connectivity index (χ2n) is 6.76. The normalized spacial score (nSPS) is 11.1. The Labute approximate surface area is 167 Å². The highest BCUT2D eigenvalue weighted by Gasteiger charge is 2.14. The van der Waals surface area contributed by atoms with E-state index in [-0.39, 0.29) is 5.56 Å². The van der Waals surface area contributed by atoms with Gasteiger partial charge < -0.3 is 5.32 Å². The summed E-state index contributed by atoms with van der Waals surface area (Å²) in [7, 11) is 0. The molecule has 6 nitrogen and oxygen atoms in total. The number of fused-ring (bicyclic) bond motifs is 1. The van der Waals surface area contributed by atoms with Crippen LogP contribution in [0.3, 0.4) is 0 Å². The minimum Gasteiger partial charge on any atom is -0.378 e. The zero-order chi connectivity index (χ0) is 19.7. The van der Waals surface area contributed by atoms with Gasteiger partial charge in [0.05, 0.1) is 12.2 Å². The van der Waals surface area contributed by atoms with E-state index in [9.17, 15) is 4.79 Å². The number of aryl methyl sites for hydroxylation is 2. The van der Waals surface area contributed by atoms with Crippen molar-refractivity contribution in [3.05, 3.63) is 92.1 Å². The third-order valence-electron chi connectivity index (χ3n) is 4.71. The van der Waals surface area contributed by atoms with Gasteiger partial charge >= 0.3 is 0 Å². The lowest BCUT2D eigenvalue weighted by molar-refractivity contribution is 0.832. The molecule has 0 unspecified atom stereocenters. The Morgan fingerprint density at radius 1 is 1.11 bits per heavy atom. The SMILES string of the molecule is Cc1ccc(Cl)cc1NCc1nc2nc(C)c(Cc3ccccc3)c(=O)n2[nH]1. The van der Waals surface area contributed by atoms with E-state index in [1.165, 1.54) is 4.52 Å². The van der Waals surface area contributed by atoms with Gasteiger partial charge in [0.2, 0.25) is 0 Å². The summed E-state index contributed by atoms with van der Waals surface area (Å²) < 4.78 is 1.41. The maximum absolute atomic E-state index is 13.0. The maximum atomic E-state index is 13.0. The highest BCUT2D eigenvalue weighted by Crippen LogP contribution is 2.20. The topological polar surface area (TPSA) is 75.1 Å². The van der Waals surface area contributed by atoms with Gasteiger partial charge in [0.25, 0.3) is 11.3 Å². The third-order valence-corrected chi connectivity index (χ3v) is 4.95. The third kappa shape index (κ3) is 3.64. The molecular weight excluding hydrogens is 374 g/mol. The van der Waals surface area contributed by atoms with Gasteiger partial charge in [0.1, 0.15) is 5.82 Å². The molecule has 2 aromatic carbocycles. The Hall–Kier alpha value is -3.12. The molecule has 4 aromatic rings. The molecule has 0 radical (unpaired) electrons. The van der Waals surface area contributed by atoms with Gasteiger partial charge in [-0.15, -0.1) is 0 Å². The Bertz CT molecular complexity index is 1200. The van der Waals surface area contributed by atoms with Crippen molar-refractivity contribution in [1.29, 1.82) is 0 Å². The van der Waals surface area contributed by atoms with Crippen LogP contribution in [0.2, 0.25) is 5.02 Å². The van der Waals surface area contributed by atoms with E-state index < -0.39 is 0 Å². The van der Waals surface area contributed by atoms with Crippen LogP contribution >= 0.6 is 11.6 Å². The van der Waals surface area contributed by atoms with Crippen LogP contribution in [0.5, 0.6) is 0 Å². The van der Waals surface area contributed by atoms with Crippen LogP contribution in [0.4, 0.5) is 5.69 Å². The fourth-order valence-corrected chi connectivity index (χ4v) is 3.32. The fraction of sp³-hybridized carbons (Fsp3) is 0.190. The summed E-state index contributed by atoms with van der Waals surface area (Å²) in [6, 6.07) is 15.6. The summed E-state index contributed by atoms with van der Waals surface area (Å²) in [6.07, 6.45) is 0.537. The minimum atomic E-state index is -0.121. The molecule has 0 aliphatic heterocycles. The smallest absolute Gasteiger partial charge is 0.277 e. The van der Waals surface area contributed by atoms with E-state index in [4.69, 9.17) is 11.6 Å². The highest BCUT2D eigenvalue weighted by molar-refractivity contribution is 6.30. The lowest BCUT2D eigenvalue weighted by atomic mass is 10.1. The van der Waals surface area contributed by atoms with Gasteiger partial charge in [-0.05, 0) is 37.1 Å². The molecule has 0 bridgehead atoms. The maximum Gasteiger partial charge on any atom is 0.277 e. The van der Waals surface area contributed by atoms with E-state index >= 15 is 0 Å². The molecule has 2 N–H and O–H groups in total. The van der Waals surface area contributed by atoms with Gasteiger partial charge in [0.15, 0.2) is 0 Å². The number of hydrogen-bond acceptors (Lipinski definition) is 4. The molecule has 142 valence electrons. The second kappa shape index (κ2) is 7.48. The van der Waals surface area contributed by atoms with Crippen molar-refractivity contribution in [2.24, 2.45) is 0 Å². The van der Waals surface area contributed by atoms with E-state index in [1.54, 1.807) is 0 Å². The van der Waals surface area contributed by atoms with Crippen LogP contribution in [-0.4, -0.2) is 19.6 Å². The molecule has 0 saturated heterocycles. The molecule has 28 heavy (non-hydrogen) atoms. The molecule has 2 aromatic heterocycles. The van der Waals surface area contributed by atoms with Crippen LogP contribution in [0.15, 0.2) is 53.3 Å². The summed E-state index contributed by atoms with van der Waals surface area (Å²) >= 11 is 6.07. The Kier molecular flexibility index (Phi) is 4.88. The quantitative estimate of drug-likeness (QED) is 0.539. The predicted octanol–water partition coefficient (Wildman–Crippen LogP) is 3.89. The summed E-state index contributed by atoms with van der Waals surface area (Å²) in [4.78, 5) is 21.9. The Morgan fingerprint density at radius 2 is 1.89 bits per heavy atom. The predicted molar refractivity (Wildman–Crippen MR) is 111 cm³/mol. The molecule has 0 aliphatic carbocycles. The first-order chi connectivity index (χ1) is 13.5. The van der Waals surface area contributed by atoms with E-state index in [0.717, 1.165) is 16.8 Å². The second-order valence-corrected chi connectivity index (χ2v) is 7.20. The van der Waals surface area contributed by atoms with Crippen molar-refractivity contribution in [2.45, 2.75) is 26.8 Å². The van der Waals surface area contributed by atoms with E-state index in [0.29, 0.717) is 40.8 Å². The van der Waals surface area contributed by atoms with Crippen molar-refractivity contribution in [3.63, 3.8) is 0 Å². The first-order valence-corrected chi connectivity index (χ1v) is 9.40. The Morgan fingerprint density at radius 3 is 2.68 bits per heavy atom. The van der Waals surface area contributed by atoms with Gasteiger partial charge in [-0.3, -0.25) is 9.89 Å². The monoisotopic (exact) mass is 393 g/mol. The van der Waals surface area contributed by atoms with Gasteiger partial charge in [-0.25, -0.2) is 4.98 Å². The van der Waals surface area contributed by atoms with Gasteiger partial charge in [-0.1, -0.05) is 48.0 Å². The average Bonchev–Trinajstić information content (AvgIpc) is 3.09. The first-order valence-electron chi connectivity index (χ1n) is 9.02. The standard InChI is InChI=1S/C21H20ClN5O/c1-13-8-9-16(22)11-18(13)23-12-19-25-21-24-14(2)17(20(28)27(21)26-19)10-15-6-4-3-5-7-15/h3-9,11,23H,10,12H2,1-2H3,(H,24,25,26). The van der Waals surface area contributed by atoms with Crippen LogP contribution in [0, 0.1) is 13.8 Å². The van der Waals surface area contributed by atoms with E-state index in [2.05, 4.69) is 20.4 Å². The number of benzene rings is 2. The molecule has 0 amide bonds. The van der Waals surface area contributed by atoms with Crippen LogP contribution in [-0.2, 0) is 13.0 Å². The summed E-state index contributed by atoms with van der Waals surface area (Å²) in [6.45, 7) is 4.28. The molecule has 2 heterocycles. The summed E-state index contributed by atoms with van der Waals surface area (Å²) in [5.74, 6) is 0.999. The first kappa shape index (κ1) is 18.3. The van der Waals surface area contributed by atoms with Crippen molar-refractivity contribution in [3.8, 4) is 0 Å². The number of halogens is 1. The summed E-state index contributed by atoms with van der Waals surface area (Å²) in [5, 5.41) is 7.02. The molecule has 0 spiro atoms. The van der Waals surface area contributed by atoms with Gasteiger partial charge in [-0.2, -0.15) is 9.50 Å². The lowest BCUT2D eigenvalue weighted by Crippen LogP contribution is -2.22. The molecule has 0 atom stereocenters. The molecule has 0 saturated carbocycles. The number of aromatic nitrogens is 4. The number of nitrogens with zero attached hydrogens (tertiary/aromatic N) is 3. The average molecular weight is 394 g/mol. The number of H-pyrrole nitrogens is 1. The number of nitrogens with one attached hydrogen (secondary N) is 2. The molecular formula is C21H20ClN5O. The van der Waals surface area contributed by atoms with Crippen LogP contribution in [0.1, 0.15) is 28.2 Å². The molecule has 0 fully saturated rings.